The van der Waals surface area contributed by atoms with Crippen LogP contribution in [0.1, 0.15) is 86.5 Å². The summed E-state index contributed by atoms with van der Waals surface area (Å²) >= 11 is 10.1. The van der Waals surface area contributed by atoms with Crippen LogP contribution in [0, 0.1) is 15.6 Å². The van der Waals surface area contributed by atoms with Gasteiger partial charge in [0.05, 0.1) is 23.4 Å². The Morgan fingerprint density at radius 3 is 1.78 bits per heavy atom. The smallest absolute Gasteiger partial charge is 0.331 e. The van der Waals surface area contributed by atoms with Gasteiger partial charge in [-0.15, -0.1) is 12.6 Å². The van der Waals surface area contributed by atoms with Crippen molar-refractivity contribution in [1.82, 2.24) is 18.3 Å². The van der Waals surface area contributed by atoms with E-state index < -0.39 is 12.2 Å². The summed E-state index contributed by atoms with van der Waals surface area (Å²) < 4.78 is 7.74. The van der Waals surface area contributed by atoms with Crippen LogP contribution in [0.15, 0.2) is 22.2 Å². The molecule has 0 bridgehead atoms. The van der Waals surface area contributed by atoms with Crippen molar-refractivity contribution >= 4 is 24.8 Å². The minimum atomic E-state index is -0.452. The molecule has 8 nitrogen and oxygen atoms in total. The average Bonchev–Trinajstić information content (AvgIpc) is 3.25. The summed E-state index contributed by atoms with van der Waals surface area (Å²) in [5.41, 5.74) is -0.489. The molecular formula is C27H48N4O4S2. The number of thiol groups is 1. The highest BCUT2D eigenvalue weighted by Crippen LogP contribution is 2.30. The van der Waals surface area contributed by atoms with Crippen LogP contribution in [0.2, 0.25) is 0 Å². The average molecular weight is 557 g/mol. The van der Waals surface area contributed by atoms with Gasteiger partial charge in [-0.1, -0.05) is 27.7 Å². The van der Waals surface area contributed by atoms with Crippen LogP contribution in [0.25, 0.3) is 0 Å². The zero-order valence-electron chi connectivity index (χ0n) is 23.5. The standard InChI is InChI=1S/C27H48N4O4S2/c1-7-28-16-22(34)30(24(28)35)18-26(3,4)14-12-20(32)10-9-11-21(33)13-15-27(5,6)19-31-23(36)17-29(8-2)25(31)37/h16-17,20-21,32-34,36H,7-15,18-19H2,1-6H3. The lowest BCUT2D eigenvalue weighted by Gasteiger charge is -2.27. The number of imidazole rings is 2. The molecule has 0 spiro atoms. The molecule has 2 heterocycles. The number of hydrogen-bond acceptors (Lipinski definition) is 6. The van der Waals surface area contributed by atoms with E-state index in [-0.39, 0.29) is 22.4 Å². The zero-order chi connectivity index (χ0) is 28.0. The summed E-state index contributed by atoms with van der Waals surface area (Å²) in [5, 5.41) is 32.0. The highest BCUT2D eigenvalue weighted by molar-refractivity contribution is 7.80. The van der Waals surface area contributed by atoms with E-state index in [0.717, 1.165) is 42.1 Å². The van der Waals surface area contributed by atoms with E-state index in [1.807, 2.05) is 31.5 Å². The molecule has 37 heavy (non-hydrogen) atoms. The normalized spacial score (nSPS) is 14.3. The summed E-state index contributed by atoms with van der Waals surface area (Å²) in [7, 11) is 0. The Bertz CT molecular complexity index is 1030. The SMILES string of the molecule is CCn1cc(O)n(CC(C)(C)CCC(O)CCCC(O)CCC(C)(C)Cn2c(S)cn(CC)c2=S)c1=O. The fraction of sp³-hybridized carbons (Fsp3) is 0.778. The zero-order valence-corrected chi connectivity index (χ0v) is 25.2. The Kier molecular flexibility index (Phi) is 11.6. The van der Waals surface area contributed by atoms with Gasteiger partial charge < -0.3 is 24.5 Å². The summed E-state index contributed by atoms with van der Waals surface area (Å²) in [6.07, 6.45) is 7.55. The summed E-state index contributed by atoms with van der Waals surface area (Å²) in [6.45, 7) is 14.9. The molecule has 2 aromatic rings. The van der Waals surface area contributed by atoms with Crippen molar-refractivity contribution in [2.24, 2.45) is 10.8 Å². The predicted octanol–water partition coefficient (Wildman–Crippen LogP) is 5.22. The first kappa shape index (κ1) is 31.7. The third-order valence-electron chi connectivity index (χ3n) is 7.29. The van der Waals surface area contributed by atoms with Crippen molar-refractivity contribution in [3.8, 4) is 5.88 Å². The van der Waals surface area contributed by atoms with Gasteiger partial charge in [-0.25, -0.2) is 4.79 Å². The minimum Gasteiger partial charge on any atom is -0.493 e. The molecule has 0 fully saturated rings. The molecule has 0 saturated carbocycles. The summed E-state index contributed by atoms with van der Waals surface area (Å²) in [6, 6.07) is 0. The van der Waals surface area contributed by atoms with E-state index in [2.05, 4.69) is 38.0 Å². The third-order valence-corrected chi connectivity index (χ3v) is 8.10. The van der Waals surface area contributed by atoms with Crippen LogP contribution < -0.4 is 5.69 Å². The Morgan fingerprint density at radius 2 is 1.35 bits per heavy atom. The van der Waals surface area contributed by atoms with E-state index >= 15 is 0 Å². The summed E-state index contributed by atoms with van der Waals surface area (Å²) in [5.74, 6) is -0.0220. The third kappa shape index (κ3) is 9.33. The highest BCUT2D eigenvalue weighted by Gasteiger charge is 2.24. The second-order valence-corrected chi connectivity index (χ2v) is 12.8. The molecule has 0 aliphatic carbocycles. The number of aliphatic hydroxyl groups is 2. The van der Waals surface area contributed by atoms with Crippen molar-refractivity contribution < 1.29 is 15.3 Å². The molecule has 212 valence electrons. The van der Waals surface area contributed by atoms with Gasteiger partial charge in [0.25, 0.3) is 0 Å². The van der Waals surface area contributed by atoms with Gasteiger partial charge in [-0.2, -0.15) is 0 Å². The van der Waals surface area contributed by atoms with Crippen LogP contribution >= 0.6 is 24.8 Å². The first-order valence-electron chi connectivity index (χ1n) is 13.5. The second-order valence-electron chi connectivity index (χ2n) is 11.9. The van der Waals surface area contributed by atoms with Gasteiger partial charge in [-0.05, 0) is 81.8 Å². The van der Waals surface area contributed by atoms with Crippen molar-refractivity contribution in [2.45, 2.75) is 130 Å². The van der Waals surface area contributed by atoms with Crippen LogP contribution in [0.5, 0.6) is 5.88 Å². The number of hydrogen-bond donors (Lipinski definition) is 4. The lowest BCUT2D eigenvalue weighted by molar-refractivity contribution is 0.102. The van der Waals surface area contributed by atoms with Crippen LogP contribution in [0.3, 0.4) is 0 Å². The number of aryl methyl sites for hydroxylation is 2. The minimum absolute atomic E-state index is 0.0220. The Morgan fingerprint density at radius 1 is 0.865 bits per heavy atom. The van der Waals surface area contributed by atoms with Crippen molar-refractivity contribution in [1.29, 1.82) is 0 Å². The summed E-state index contributed by atoms with van der Waals surface area (Å²) in [4.78, 5) is 12.4. The van der Waals surface area contributed by atoms with Gasteiger partial charge in [-0.3, -0.25) is 9.13 Å². The molecule has 0 aliphatic rings. The van der Waals surface area contributed by atoms with E-state index in [9.17, 15) is 20.1 Å². The number of rotatable bonds is 16. The van der Waals surface area contributed by atoms with Gasteiger partial charge in [0.1, 0.15) is 0 Å². The van der Waals surface area contributed by atoms with E-state index in [1.165, 1.54) is 15.3 Å². The molecule has 0 radical (unpaired) electrons. The maximum atomic E-state index is 12.4. The highest BCUT2D eigenvalue weighted by atomic mass is 32.1. The lowest BCUT2D eigenvalue weighted by Crippen LogP contribution is -2.30. The van der Waals surface area contributed by atoms with Gasteiger partial charge in [0.2, 0.25) is 5.88 Å². The van der Waals surface area contributed by atoms with Crippen molar-refractivity contribution in [3.05, 3.63) is 27.6 Å². The molecule has 0 aromatic carbocycles. The van der Waals surface area contributed by atoms with E-state index in [0.29, 0.717) is 38.8 Å². The molecule has 2 atom stereocenters. The first-order valence-corrected chi connectivity index (χ1v) is 14.4. The lowest BCUT2D eigenvalue weighted by atomic mass is 9.85. The number of aromatic hydroxyl groups is 1. The fourth-order valence-corrected chi connectivity index (χ4v) is 5.51. The Balaban J connectivity index is 1.73. The second kappa shape index (κ2) is 13.5. The molecule has 2 rings (SSSR count). The fourth-order valence-electron chi connectivity index (χ4n) is 4.79. The maximum Gasteiger partial charge on any atom is 0.331 e. The first-order chi connectivity index (χ1) is 17.2. The molecule has 0 aliphatic heterocycles. The van der Waals surface area contributed by atoms with Gasteiger partial charge >= 0.3 is 5.69 Å². The van der Waals surface area contributed by atoms with E-state index in [4.69, 9.17) is 12.2 Å². The Labute approximate surface area is 232 Å². The van der Waals surface area contributed by atoms with Crippen molar-refractivity contribution in [2.75, 3.05) is 0 Å². The molecule has 0 saturated heterocycles. The topological polar surface area (TPSA) is 97.5 Å². The number of aliphatic hydroxyl groups excluding tert-OH is 2. The van der Waals surface area contributed by atoms with Crippen LogP contribution in [-0.4, -0.2) is 45.8 Å². The number of aromatic nitrogens is 4. The molecule has 2 unspecified atom stereocenters. The van der Waals surface area contributed by atoms with Gasteiger partial charge in [0, 0.05) is 32.4 Å². The van der Waals surface area contributed by atoms with Crippen LogP contribution in [0.4, 0.5) is 0 Å². The molecule has 10 heteroatoms. The van der Waals surface area contributed by atoms with Crippen LogP contribution in [-0.2, 0) is 26.2 Å². The Hall–Kier alpha value is -1.49. The van der Waals surface area contributed by atoms with Crippen molar-refractivity contribution in [3.63, 3.8) is 0 Å². The molecule has 3 N–H and O–H groups in total. The number of nitrogens with zero attached hydrogens (tertiary/aromatic N) is 4. The van der Waals surface area contributed by atoms with E-state index in [1.54, 1.807) is 0 Å². The van der Waals surface area contributed by atoms with Gasteiger partial charge in [0.15, 0.2) is 4.77 Å². The predicted molar refractivity (Wildman–Crippen MR) is 154 cm³/mol. The maximum absolute atomic E-state index is 12.4. The quantitative estimate of drug-likeness (QED) is 0.168. The molecular weight excluding hydrogens is 508 g/mol. The largest absolute Gasteiger partial charge is 0.493 e. The molecule has 0 amide bonds. The monoisotopic (exact) mass is 556 g/mol. The molecule has 2 aromatic heterocycles.